The lowest BCUT2D eigenvalue weighted by Crippen LogP contribution is -2.29. The molecule has 0 aliphatic carbocycles. The van der Waals surface area contributed by atoms with Crippen molar-refractivity contribution in [3.8, 4) is 0 Å². The Bertz CT molecular complexity index is 461. The van der Waals surface area contributed by atoms with Crippen molar-refractivity contribution in [1.82, 2.24) is 4.90 Å². The van der Waals surface area contributed by atoms with Crippen molar-refractivity contribution in [2.45, 2.75) is 25.2 Å². The van der Waals surface area contributed by atoms with Crippen LogP contribution in [0.25, 0.3) is 0 Å². The highest BCUT2D eigenvalue weighted by Gasteiger charge is 2.29. The molecule has 2 nitrogen and oxygen atoms in total. The molecule has 0 bridgehead atoms. The van der Waals surface area contributed by atoms with Crippen LogP contribution in [0.15, 0.2) is 27.6 Å². The Kier molecular flexibility index (Phi) is 4.38. The molecule has 98 valence electrons. The summed E-state index contributed by atoms with van der Waals surface area (Å²) in [6.07, 6.45) is 1.11. The molecule has 1 aliphatic heterocycles. The highest BCUT2D eigenvalue weighted by molar-refractivity contribution is 9.10. The molecule has 0 radical (unpaired) electrons. The summed E-state index contributed by atoms with van der Waals surface area (Å²) in [6, 6.07) is 5.60. The van der Waals surface area contributed by atoms with E-state index in [4.69, 9.17) is 0 Å². The number of carbonyl (C=O) groups is 1. The van der Waals surface area contributed by atoms with Gasteiger partial charge in [-0.05, 0) is 36.5 Å². The van der Waals surface area contributed by atoms with Gasteiger partial charge >= 0.3 is 0 Å². The summed E-state index contributed by atoms with van der Waals surface area (Å²) in [6.45, 7) is 6.19. The fourth-order valence-electron chi connectivity index (χ4n) is 2.37. The van der Waals surface area contributed by atoms with Crippen molar-refractivity contribution in [2.24, 2.45) is 11.8 Å². The summed E-state index contributed by atoms with van der Waals surface area (Å²) in [5.41, 5.74) is 0.700. The molecular formula is C14H18BrNOS. The van der Waals surface area contributed by atoms with Gasteiger partial charge in [0.2, 0.25) is 0 Å². The predicted octanol–water partition coefficient (Wildman–Crippen LogP) is 3.86. The second kappa shape index (κ2) is 5.66. The Morgan fingerprint density at radius 2 is 2.22 bits per heavy atom. The van der Waals surface area contributed by atoms with E-state index < -0.39 is 0 Å². The number of likely N-dealkylation sites (tertiary alicyclic amines) is 1. The van der Waals surface area contributed by atoms with E-state index in [0.717, 1.165) is 28.9 Å². The lowest BCUT2D eigenvalue weighted by atomic mass is 9.95. The van der Waals surface area contributed by atoms with E-state index in [-0.39, 0.29) is 5.91 Å². The standard InChI is InChI=1S/C14H18BrNOS/c1-9(2)10-5-6-16(8-10)14(17)12-4-3-11(15)7-13(12)18/h3-4,7,9-10,18H,5-6,8H2,1-2H3. The summed E-state index contributed by atoms with van der Waals surface area (Å²) in [5, 5.41) is 0. The molecule has 1 amide bonds. The Labute approximate surface area is 122 Å². The first-order valence-electron chi connectivity index (χ1n) is 6.27. The normalized spacial score (nSPS) is 19.6. The SMILES string of the molecule is CC(C)C1CCN(C(=O)c2ccc(Br)cc2S)C1. The van der Waals surface area contributed by atoms with Crippen LogP contribution in [0.3, 0.4) is 0 Å². The first-order valence-corrected chi connectivity index (χ1v) is 7.51. The molecule has 0 aromatic heterocycles. The van der Waals surface area contributed by atoms with Gasteiger partial charge in [0.05, 0.1) is 5.56 Å². The maximum atomic E-state index is 12.4. The minimum absolute atomic E-state index is 0.107. The van der Waals surface area contributed by atoms with Gasteiger partial charge in [0.1, 0.15) is 0 Å². The van der Waals surface area contributed by atoms with Gasteiger partial charge in [0.15, 0.2) is 0 Å². The number of thiol groups is 1. The monoisotopic (exact) mass is 327 g/mol. The van der Waals surface area contributed by atoms with Gasteiger partial charge < -0.3 is 4.90 Å². The lowest BCUT2D eigenvalue weighted by Gasteiger charge is -2.19. The van der Waals surface area contributed by atoms with Crippen molar-refractivity contribution < 1.29 is 4.79 Å². The minimum atomic E-state index is 0.107. The zero-order valence-corrected chi connectivity index (χ0v) is 13.2. The summed E-state index contributed by atoms with van der Waals surface area (Å²) in [7, 11) is 0. The molecule has 2 rings (SSSR count). The Balaban J connectivity index is 2.13. The zero-order valence-electron chi connectivity index (χ0n) is 10.7. The van der Waals surface area contributed by atoms with Crippen molar-refractivity contribution in [2.75, 3.05) is 13.1 Å². The molecular weight excluding hydrogens is 310 g/mol. The van der Waals surface area contributed by atoms with E-state index in [2.05, 4.69) is 42.4 Å². The highest BCUT2D eigenvalue weighted by atomic mass is 79.9. The zero-order chi connectivity index (χ0) is 13.3. The number of rotatable bonds is 2. The molecule has 1 unspecified atom stereocenters. The summed E-state index contributed by atoms with van der Waals surface area (Å²) >= 11 is 7.77. The van der Waals surface area contributed by atoms with Gasteiger partial charge in [-0.15, -0.1) is 12.6 Å². The average molecular weight is 328 g/mol. The van der Waals surface area contributed by atoms with Gasteiger partial charge in [-0.3, -0.25) is 4.79 Å². The second-order valence-corrected chi connectivity index (χ2v) is 6.60. The molecule has 1 atom stereocenters. The van der Waals surface area contributed by atoms with Gasteiger partial charge in [0.25, 0.3) is 5.91 Å². The Morgan fingerprint density at radius 1 is 1.50 bits per heavy atom. The number of nitrogens with zero attached hydrogens (tertiary/aromatic N) is 1. The molecule has 1 aromatic carbocycles. The van der Waals surface area contributed by atoms with E-state index in [0.29, 0.717) is 17.4 Å². The van der Waals surface area contributed by atoms with Gasteiger partial charge in [-0.2, -0.15) is 0 Å². The molecule has 1 aliphatic rings. The molecule has 1 heterocycles. The predicted molar refractivity (Wildman–Crippen MR) is 80.2 cm³/mol. The molecule has 4 heteroatoms. The second-order valence-electron chi connectivity index (χ2n) is 5.21. The quantitative estimate of drug-likeness (QED) is 0.818. The van der Waals surface area contributed by atoms with Crippen LogP contribution in [0.1, 0.15) is 30.6 Å². The smallest absolute Gasteiger partial charge is 0.254 e. The van der Waals surface area contributed by atoms with Gasteiger partial charge in [-0.25, -0.2) is 0 Å². The minimum Gasteiger partial charge on any atom is -0.338 e. The Morgan fingerprint density at radius 3 is 2.78 bits per heavy atom. The van der Waals surface area contributed by atoms with Crippen LogP contribution in [0.5, 0.6) is 0 Å². The highest BCUT2D eigenvalue weighted by Crippen LogP contribution is 2.27. The van der Waals surface area contributed by atoms with Crippen molar-refractivity contribution in [3.63, 3.8) is 0 Å². The molecule has 1 aromatic rings. The summed E-state index contributed by atoms with van der Waals surface area (Å²) in [4.78, 5) is 15.1. The van der Waals surface area contributed by atoms with Crippen LogP contribution < -0.4 is 0 Å². The van der Waals surface area contributed by atoms with Gasteiger partial charge in [0, 0.05) is 22.5 Å². The number of amides is 1. The van der Waals surface area contributed by atoms with Crippen LogP contribution in [-0.4, -0.2) is 23.9 Å². The molecule has 1 fully saturated rings. The third-order valence-corrected chi connectivity index (χ3v) is 4.51. The molecule has 18 heavy (non-hydrogen) atoms. The molecule has 0 spiro atoms. The maximum absolute atomic E-state index is 12.4. The largest absolute Gasteiger partial charge is 0.338 e. The first-order chi connectivity index (χ1) is 8.49. The van der Waals surface area contributed by atoms with Gasteiger partial charge in [-0.1, -0.05) is 29.8 Å². The Hall–Kier alpha value is -0.480. The summed E-state index contributed by atoms with van der Waals surface area (Å²) in [5.74, 6) is 1.38. The summed E-state index contributed by atoms with van der Waals surface area (Å²) < 4.78 is 0.950. The van der Waals surface area contributed by atoms with E-state index in [9.17, 15) is 4.79 Å². The molecule has 1 saturated heterocycles. The van der Waals surface area contributed by atoms with Crippen LogP contribution in [0.4, 0.5) is 0 Å². The van der Waals surface area contributed by atoms with E-state index >= 15 is 0 Å². The van der Waals surface area contributed by atoms with E-state index in [1.165, 1.54) is 0 Å². The number of hydrogen-bond donors (Lipinski definition) is 1. The third kappa shape index (κ3) is 2.91. The van der Waals surface area contributed by atoms with Crippen LogP contribution in [-0.2, 0) is 0 Å². The third-order valence-electron chi connectivity index (χ3n) is 3.64. The van der Waals surface area contributed by atoms with Crippen molar-refractivity contribution in [1.29, 1.82) is 0 Å². The van der Waals surface area contributed by atoms with E-state index in [1.807, 2.05) is 23.1 Å². The van der Waals surface area contributed by atoms with Crippen molar-refractivity contribution >= 4 is 34.5 Å². The number of benzene rings is 1. The van der Waals surface area contributed by atoms with Crippen LogP contribution >= 0.6 is 28.6 Å². The first kappa shape index (κ1) is 13.9. The van der Waals surface area contributed by atoms with Crippen molar-refractivity contribution in [3.05, 3.63) is 28.2 Å². The number of halogens is 1. The van der Waals surface area contributed by atoms with Crippen LogP contribution in [0.2, 0.25) is 0 Å². The molecule has 0 N–H and O–H groups in total. The topological polar surface area (TPSA) is 20.3 Å². The fraction of sp³-hybridized carbons (Fsp3) is 0.500. The number of hydrogen-bond acceptors (Lipinski definition) is 2. The molecule has 0 saturated carbocycles. The average Bonchev–Trinajstić information content (AvgIpc) is 2.77. The number of carbonyl (C=O) groups excluding carboxylic acids is 1. The maximum Gasteiger partial charge on any atom is 0.254 e. The van der Waals surface area contributed by atoms with E-state index in [1.54, 1.807) is 0 Å². The van der Waals surface area contributed by atoms with Crippen LogP contribution in [0, 0.1) is 11.8 Å². The lowest BCUT2D eigenvalue weighted by molar-refractivity contribution is 0.0780. The fourth-order valence-corrected chi connectivity index (χ4v) is 3.22.